The molecule has 1 aliphatic heterocycles. The van der Waals surface area contributed by atoms with Crippen LogP contribution in [0.1, 0.15) is 43.2 Å². The Balaban J connectivity index is 2.30. The lowest BCUT2D eigenvalue weighted by Crippen LogP contribution is -2.30. The Kier molecular flexibility index (Phi) is 4.06. The van der Waals surface area contributed by atoms with Crippen LogP contribution in [0, 0.1) is 6.92 Å². The van der Waals surface area contributed by atoms with Gasteiger partial charge in [-0.2, -0.15) is 0 Å². The fourth-order valence-electron chi connectivity index (χ4n) is 2.59. The van der Waals surface area contributed by atoms with Gasteiger partial charge in [0, 0.05) is 31.3 Å². The second kappa shape index (κ2) is 5.54. The van der Waals surface area contributed by atoms with Crippen molar-refractivity contribution in [2.75, 3.05) is 24.6 Å². The molecule has 0 bridgehead atoms. The van der Waals surface area contributed by atoms with Crippen LogP contribution in [0.5, 0.6) is 0 Å². The molecule has 2 nitrogen and oxygen atoms in total. The molecule has 0 amide bonds. The minimum Gasteiger partial charge on any atom is -0.396 e. The molecule has 1 aromatic rings. The highest BCUT2D eigenvalue weighted by Gasteiger charge is 2.17. The van der Waals surface area contributed by atoms with Crippen molar-refractivity contribution in [3.63, 3.8) is 0 Å². The lowest BCUT2D eigenvalue weighted by Gasteiger charge is -2.32. The van der Waals surface area contributed by atoms with Gasteiger partial charge in [-0.05, 0) is 37.8 Å². The van der Waals surface area contributed by atoms with Crippen LogP contribution in [-0.4, -0.2) is 24.8 Å². The second-order valence-electron chi connectivity index (χ2n) is 5.19. The third-order valence-electron chi connectivity index (χ3n) is 3.68. The summed E-state index contributed by atoms with van der Waals surface area (Å²) in [7, 11) is 0. The number of hydrogen-bond donors (Lipinski definition) is 1. The van der Waals surface area contributed by atoms with Gasteiger partial charge in [0.15, 0.2) is 0 Å². The Morgan fingerprint density at radius 2 is 1.94 bits per heavy atom. The number of anilines is 1. The summed E-state index contributed by atoms with van der Waals surface area (Å²) in [6.45, 7) is 6.77. The summed E-state index contributed by atoms with van der Waals surface area (Å²) < 4.78 is 0. The topological polar surface area (TPSA) is 23.5 Å². The van der Waals surface area contributed by atoms with Gasteiger partial charge in [-0.1, -0.05) is 24.6 Å². The maximum atomic E-state index is 9.38. The van der Waals surface area contributed by atoms with Crippen LogP contribution in [-0.2, 0) is 0 Å². The molecule has 0 radical (unpaired) electrons. The molecular formula is C15H23NO. The van der Waals surface area contributed by atoms with E-state index < -0.39 is 0 Å². The van der Waals surface area contributed by atoms with E-state index in [2.05, 4.69) is 36.9 Å². The van der Waals surface area contributed by atoms with Gasteiger partial charge in [0.25, 0.3) is 0 Å². The molecule has 1 saturated heterocycles. The molecule has 1 heterocycles. The first-order valence-corrected chi connectivity index (χ1v) is 6.68. The van der Waals surface area contributed by atoms with Crippen LogP contribution in [0.4, 0.5) is 5.69 Å². The summed E-state index contributed by atoms with van der Waals surface area (Å²) in [5.41, 5.74) is 3.91. The SMILES string of the molecule is Cc1ccc(N2CCCCC2)c(C(C)CO)c1. The van der Waals surface area contributed by atoms with Crippen molar-refractivity contribution in [1.82, 2.24) is 0 Å². The van der Waals surface area contributed by atoms with E-state index in [4.69, 9.17) is 0 Å². The van der Waals surface area contributed by atoms with Gasteiger partial charge in [-0.15, -0.1) is 0 Å². The Morgan fingerprint density at radius 3 is 2.59 bits per heavy atom. The molecule has 1 aromatic carbocycles. The maximum absolute atomic E-state index is 9.38. The van der Waals surface area contributed by atoms with E-state index >= 15 is 0 Å². The Labute approximate surface area is 104 Å². The van der Waals surface area contributed by atoms with E-state index in [9.17, 15) is 5.11 Å². The highest BCUT2D eigenvalue weighted by Crippen LogP contribution is 2.30. The van der Waals surface area contributed by atoms with E-state index in [-0.39, 0.29) is 12.5 Å². The third kappa shape index (κ3) is 2.81. The van der Waals surface area contributed by atoms with Gasteiger partial charge < -0.3 is 10.0 Å². The first-order valence-electron chi connectivity index (χ1n) is 6.68. The average Bonchev–Trinajstić information content (AvgIpc) is 2.38. The number of hydrogen-bond acceptors (Lipinski definition) is 2. The van der Waals surface area contributed by atoms with Crippen LogP contribution in [0.3, 0.4) is 0 Å². The summed E-state index contributed by atoms with van der Waals surface area (Å²) >= 11 is 0. The Hall–Kier alpha value is -1.02. The van der Waals surface area contributed by atoms with Crippen LogP contribution in [0.25, 0.3) is 0 Å². The average molecular weight is 233 g/mol. The molecule has 94 valence electrons. The summed E-state index contributed by atoms with van der Waals surface area (Å²) in [5.74, 6) is 0.229. The van der Waals surface area contributed by atoms with E-state index in [0.717, 1.165) is 13.1 Å². The number of aliphatic hydroxyl groups is 1. The molecule has 1 fully saturated rings. The Morgan fingerprint density at radius 1 is 1.24 bits per heavy atom. The van der Waals surface area contributed by atoms with Gasteiger partial charge in [-0.25, -0.2) is 0 Å². The van der Waals surface area contributed by atoms with Crippen LogP contribution < -0.4 is 4.90 Å². The molecule has 1 unspecified atom stereocenters. The first-order chi connectivity index (χ1) is 8.22. The summed E-state index contributed by atoms with van der Waals surface area (Å²) in [4.78, 5) is 2.48. The minimum absolute atomic E-state index is 0.226. The summed E-state index contributed by atoms with van der Waals surface area (Å²) in [5, 5.41) is 9.38. The van der Waals surface area contributed by atoms with E-state index in [0.29, 0.717) is 0 Å². The molecule has 1 atom stereocenters. The molecule has 1 N–H and O–H groups in total. The van der Waals surface area contributed by atoms with E-state index in [1.807, 2.05) is 0 Å². The standard InChI is InChI=1S/C15H23NO/c1-12-6-7-15(14(10-12)13(2)11-17)16-8-4-3-5-9-16/h6-7,10,13,17H,3-5,8-9,11H2,1-2H3. The highest BCUT2D eigenvalue weighted by atomic mass is 16.3. The number of rotatable bonds is 3. The van der Waals surface area contributed by atoms with Crippen LogP contribution in [0.2, 0.25) is 0 Å². The van der Waals surface area contributed by atoms with E-state index in [1.54, 1.807) is 0 Å². The van der Waals surface area contributed by atoms with Gasteiger partial charge in [0.05, 0.1) is 0 Å². The molecule has 0 spiro atoms. The molecular weight excluding hydrogens is 210 g/mol. The lowest BCUT2D eigenvalue weighted by molar-refractivity contribution is 0.273. The van der Waals surface area contributed by atoms with Gasteiger partial charge >= 0.3 is 0 Å². The fraction of sp³-hybridized carbons (Fsp3) is 0.600. The molecule has 17 heavy (non-hydrogen) atoms. The first kappa shape index (κ1) is 12.4. The third-order valence-corrected chi connectivity index (χ3v) is 3.68. The van der Waals surface area contributed by atoms with Crippen molar-refractivity contribution in [3.05, 3.63) is 29.3 Å². The molecule has 2 heteroatoms. The normalized spacial score (nSPS) is 18.2. The zero-order chi connectivity index (χ0) is 12.3. The van der Waals surface area contributed by atoms with Gasteiger partial charge in [0.2, 0.25) is 0 Å². The van der Waals surface area contributed by atoms with Crippen molar-refractivity contribution in [3.8, 4) is 0 Å². The molecule has 0 saturated carbocycles. The van der Waals surface area contributed by atoms with Crippen molar-refractivity contribution in [2.45, 2.75) is 39.0 Å². The Bertz CT molecular complexity index is 369. The molecule has 0 aromatic heterocycles. The zero-order valence-corrected chi connectivity index (χ0v) is 10.9. The summed E-state index contributed by atoms with van der Waals surface area (Å²) in [6.07, 6.45) is 3.94. The predicted octanol–water partition coefficient (Wildman–Crippen LogP) is 3.08. The quantitative estimate of drug-likeness (QED) is 0.867. The van der Waals surface area contributed by atoms with Crippen molar-refractivity contribution in [1.29, 1.82) is 0 Å². The number of piperidine rings is 1. The zero-order valence-electron chi connectivity index (χ0n) is 10.9. The number of nitrogens with zero attached hydrogens (tertiary/aromatic N) is 1. The van der Waals surface area contributed by atoms with E-state index in [1.165, 1.54) is 36.1 Å². The highest BCUT2D eigenvalue weighted by molar-refractivity contribution is 5.56. The minimum atomic E-state index is 0.226. The monoisotopic (exact) mass is 233 g/mol. The lowest BCUT2D eigenvalue weighted by atomic mass is 9.96. The van der Waals surface area contributed by atoms with Crippen molar-refractivity contribution in [2.24, 2.45) is 0 Å². The molecule has 2 rings (SSSR count). The largest absolute Gasteiger partial charge is 0.396 e. The smallest absolute Gasteiger partial charge is 0.0497 e. The molecule has 0 aliphatic carbocycles. The predicted molar refractivity (Wildman–Crippen MR) is 72.7 cm³/mol. The number of aliphatic hydroxyl groups excluding tert-OH is 1. The molecule has 1 aliphatic rings. The van der Waals surface area contributed by atoms with Crippen LogP contribution >= 0.6 is 0 Å². The van der Waals surface area contributed by atoms with Gasteiger partial charge in [-0.3, -0.25) is 0 Å². The van der Waals surface area contributed by atoms with Crippen molar-refractivity contribution < 1.29 is 5.11 Å². The number of benzene rings is 1. The van der Waals surface area contributed by atoms with Crippen LogP contribution in [0.15, 0.2) is 18.2 Å². The van der Waals surface area contributed by atoms with Crippen molar-refractivity contribution >= 4 is 5.69 Å². The summed E-state index contributed by atoms with van der Waals surface area (Å²) in [6, 6.07) is 6.63. The number of aryl methyl sites for hydroxylation is 1. The van der Waals surface area contributed by atoms with Gasteiger partial charge in [0.1, 0.15) is 0 Å². The second-order valence-corrected chi connectivity index (χ2v) is 5.19. The fourth-order valence-corrected chi connectivity index (χ4v) is 2.59. The maximum Gasteiger partial charge on any atom is 0.0497 e.